The lowest BCUT2D eigenvalue weighted by Crippen LogP contribution is -2.31. The fourth-order valence-electron chi connectivity index (χ4n) is 1.48. The van der Waals surface area contributed by atoms with Crippen molar-refractivity contribution in [2.24, 2.45) is 5.41 Å². The number of nitrogens with one attached hydrogen (secondary N) is 2. The number of esters is 1. The number of urea groups is 1. The van der Waals surface area contributed by atoms with Gasteiger partial charge < -0.3 is 15.4 Å². The van der Waals surface area contributed by atoms with Gasteiger partial charge in [0.15, 0.2) is 0 Å². The zero-order chi connectivity index (χ0) is 15.7. The third-order valence-electron chi connectivity index (χ3n) is 3.31. The van der Waals surface area contributed by atoms with Gasteiger partial charge in [0.25, 0.3) is 0 Å². The van der Waals surface area contributed by atoms with E-state index >= 15 is 0 Å². The monoisotopic (exact) mass is 292 g/mol. The summed E-state index contributed by atoms with van der Waals surface area (Å²) in [6.45, 7) is 6.45. The van der Waals surface area contributed by atoms with Crippen LogP contribution >= 0.6 is 0 Å². The lowest BCUT2D eigenvalue weighted by atomic mass is 9.91. The maximum Gasteiger partial charge on any atom is 0.319 e. The van der Waals surface area contributed by atoms with Gasteiger partial charge in [-0.15, -0.1) is 0 Å². The van der Waals surface area contributed by atoms with Gasteiger partial charge >= 0.3 is 12.0 Å². The quantitative estimate of drug-likeness (QED) is 0.599. The van der Waals surface area contributed by atoms with Crippen LogP contribution in [-0.2, 0) is 9.53 Å². The maximum atomic E-state index is 11.7. The molecule has 0 radical (unpaired) electrons. The third kappa shape index (κ3) is 6.29. The van der Waals surface area contributed by atoms with Crippen LogP contribution < -0.4 is 10.6 Å². The van der Waals surface area contributed by atoms with Gasteiger partial charge in [0.05, 0.1) is 12.0 Å². The molecule has 0 aliphatic rings. The van der Waals surface area contributed by atoms with Crippen molar-refractivity contribution in [3.63, 3.8) is 0 Å². The zero-order valence-electron chi connectivity index (χ0n) is 12.9. The standard InChI is InChI=1S/C16H24N2O3/c1-4-16(2,3)14(19)21-12-8-11-17-15(20)18-13-9-6-5-7-10-13/h5-7,9-10H,4,8,11-12H2,1-3H3,(H2,17,18,20). The largest absolute Gasteiger partial charge is 0.465 e. The average molecular weight is 292 g/mol. The van der Waals surface area contributed by atoms with Gasteiger partial charge in [-0.2, -0.15) is 0 Å². The highest BCUT2D eigenvalue weighted by Crippen LogP contribution is 2.21. The molecule has 0 saturated heterocycles. The zero-order valence-corrected chi connectivity index (χ0v) is 12.9. The number of carbonyl (C=O) groups is 2. The minimum Gasteiger partial charge on any atom is -0.465 e. The molecule has 0 atom stereocenters. The molecule has 1 aromatic carbocycles. The highest BCUT2D eigenvalue weighted by atomic mass is 16.5. The summed E-state index contributed by atoms with van der Waals surface area (Å²) in [6.07, 6.45) is 1.33. The first-order chi connectivity index (χ1) is 9.95. The number of carbonyl (C=O) groups excluding carboxylic acids is 2. The number of anilines is 1. The van der Waals surface area contributed by atoms with Crippen molar-refractivity contribution in [3.05, 3.63) is 30.3 Å². The first-order valence-electron chi connectivity index (χ1n) is 7.23. The van der Waals surface area contributed by atoms with Crippen LogP contribution in [0.25, 0.3) is 0 Å². The fraction of sp³-hybridized carbons (Fsp3) is 0.500. The lowest BCUT2D eigenvalue weighted by molar-refractivity contribution is -0.154. The minimum absolute atomic E-state index is 0.196. The van der Waals surface area contributed by atoms with Crippen LogP contribution in [0.2, 0.25) is 0 Å². The number of benzene rings is 1. The Labute approximate surface area is 126 Å². The average Bonchev–Trinajstić information content (AvgIpc) is 2.47. The molecule has 21 heavy (non-hydrogen) atoms. The highest BCUT2D eigenvalue weighted by Gasteiger charge is 2.26. The van der Waals surface area contributed by atoms with Crippen molar-refractivity contribution in [2.75, 3.05) is 18.5 Å². The molecule has 1 rings (SSSR count). The molecule has 0 spiro atoms. The van der Waals surface area contributed by atoms with Crippen LogP contribution in [0.3, 0.4) is 0 Å². The fourth-order valence-corrected chi connectivity index (χ4v) is 1.48. The molecular weight excluding hydrogens is 268 g/mol. The summed E-state index contributed by atoms with van der Waals surface area (Å²) < 4.78 is 5.19. The number of amides is 2. The summed E-state index contributed by atoms with van der Waals surface area (Å²) >= 11 is 0. The van der Waals surface area contributed by atoms with E-state index in [2.05, 4.69) is 10.6 Å². The van der Waals surface area contributed by atoms with Gasteiger partial charge in [0.2, 0.25) is 0 Å². The Balaban J connectivity index is 2.14. The van der Waals surface area contributed by atoms with E-state index in [4.69, 9.17) is 4.74 Å². The summed E-state index contributed by atoms with van der Waals surface area (Å²) in [6, 6.07) is 8.95. The van der Waals surface area contributed by atoms with E-state index in [-0.39, 0.29) is 12.0 Å². The van der Waals surface area contributed by atoms with Crippen molar-refractivity contribution >= 4 is 17.7 Å². The molecule has 0 aliphatic heterocycles. The molecule has 0 aromatic heterocycles. The van der Waals surface area contributed by atoms with Crippen LogP contribution in [0.1, 0.15) is 33.6 Å². The Morgan fingerprint density at radius 3 is 2.48 bits per heavy atom. The van der Waals surface area contributed by atoms with E-state index in [9.17, 15) is 9.59 Å². The molecule has 0 bridgehead atoms. The number of rotatable bonds is 7. The van der Waals surface area contributed by atoms with Crippen molar-refractivity contribution in [3.8, 4) is 0 Å². The van der Waals surface area contributed by atoms with E-state index in [1.165, 1.54) is 0 Å². The van der Waals surface area contributed by atoms with Crippen molar-refractivity contribution in [1.82, 2.24) is 5.32 Å². The molecule has 0 saturated carbocycles. The molecule has 0 heterocycles. The summed E-state index contributed by atoms with van der Waals surface area (Å²) in [5.41, 5.74) is 0.295. The summed E-state index contributed by atoms with van der Waals surface area (Å²) in [5.74, 6) is -0.196. The van der Waals surface area contributed by atoms with E-state index in [0.29, 0.717) is 19.6 Å². The Morgan fingerprint density at radius 1 is 1.19 bits per heavy atom. The number of ether oxygens (including phenoxy) is 1. The number of hydrogen-bond donors (Lipinski definition) is 2. The first-order valence-corrected chi connectivity index (χ1v) is 7.23. The van der Waals surface area contributed by atoms with E-state index < -0.39 is 5.41 Å². The second-order valence-electron chi connectivity index (χ2n) is 5.47. The van der Waals surface area contributed by atoms with E-state index in [1.807, 2.05) is 51.1 Å². The van der Waals surface area contributed by atoms with Crippen LogP contribution in [0.15, 0.2) is 30.3 Å². The molecule has 116 valence electrons. The first kappa shape index (κ1) is 17.0. The smallest absolute Gasteiger partial charge is 0.319 e. The summed E-state index contributed by atoms with van der Waals surface area (Å²) in [7, 11) is 0. The van der Waals surface area contributed by atoms with Gasteiger partial charge in [0, 0.05) is 12.2 Å². The molecule has 1 aromatic rings. The molecule has 0 unspecified atom stereocenters. The normalized spacial score (nSPS) is 10.8. The van der Waals surface area contributed by atoms with Gasteiger partial charge in [-0.3, -0.25) is 4.79 Å². The molecule has 5 nitrogen and oxygen atoms in total. The van der Waals surface area contributed by atoms with Crippen LogP contribution in [0, 0.1) is 5.41 Å². The van der Waals surface area contributed by atoms with E-state index in [1.54, 1.807) is 0 Å². The Morgan fingerprint density at radius 2 is 1.86 bits per heavy atom. The summed E-state index contributed by atoms with van der Waals surface area (Å²) in [5, 5.41) is 5.43. The molecule has 2 amide bonds. The van der Waals surface area contributed by atoms with Crippen molar-refractivity contribution in [1.29, 1.82) is 0 Å². The van der Waals surface area contributed by atoms with Gasteiger partial charge in [-0.05, 0) is 38.8 Å². The third-order valence-corrected chi connectivity index (χ3v) is 3.31. The topological polar surface area (TPSA) is 67.4 Å². The lowest BCUT2D eigenvalue weighted by Gasteiger charge is -2.20. The number of para-hydroxylation sites is 1. The predicted molar refractivity (Wildman–Crippen MR) is 83.1 cm³/mol. The van der Waals surface area contributed by atoms with E-state index in [0.717, 1.165) is 12.1 Å². The van der Waals surface area contributed by atoms with Crippen LogP contribution in [0.5, 0.6) is 0 Å². The van der Waals surface area contributed by atoms with Crippen LogP contribution in [0.4, 0.5) is 10.5 Å². The van der Waals surface area contributed by atoms with Crippen LogP contribution in [-0.4, -0.2) is 25.2 Å². The van der Waals surface area contributed by atoms with Gasteiger partial charge in [-0.25, -0.2) is 4.79 Å². The molecular formula is C16H24N2O3. The summed E-state index contributed by atoms with van der Waals surface area (Å²) in [4.78, 5) is 23.3. The van der Waals surface area contributed by atoms with Crippen molar-refractivity contribution < 1.29 is 14.3 Å². The second-order valence-corrected chi connectivity index (χ2v) is 5.47. The van der Waals surface area contributed by atoms with Gasteiger partial charge in [-0.1, -0.05) is 25.1 Å². The Bertz CT molecular complexity index is 458. The minimum atomic E-state index is -0.446. The molecule has 2 N–H and O–H groups in total. The Kier molecular flexibility index (Phi) is 6.72. The molecule has 0 aliphatic carbocycles. The highest BCUT2D eigenvalue weighted by molar-refractivity contribution is 5.89. The SMILES string of the molecule is CCC(C)(C)C(=O)OCCCNC(=O)Nc1ccccc1. The predicted octanol–water partition coefficient (Wildman–Crippen LogP) is 3.18. The Hall–Kier alpha value is -2.04. The maximum absolute atomic E-state index is 11.7. The number of hydrogen-bond acceptors (Lipinski definition) is 3. The van der Waals surface area contributed by atoms with Gasteiger partial charge in [0.1, 0.15) is 0 Å². The molecule has 0 fully saturated rings. The molecule has 5 heteroatoms. The second kappa shape index (κ2) is 8.29. The van der Waals surface area contributed by atoms with Crippen molar-refractivity contribution in [2.45, 2.75) is 33.6 Å².